The number of benzene rings is 3. The quantitative estimate of drug-likeness (QED) is 0.194. The summed E-state index contributed by atoms with van der Waals surface area (Å²) in [5.74, 6) is -0.441. The van der Waals surface area contributed by atoms with Gasteiger partial charge in [-0.1, -0.05) is 64.8 Å². The normalized spacial score (nSPS) is 12.0. The van der Waals surface area contributed by atoms with Gasteiger partial charge in [-0.05, 0) is 49.2 Å². The minimum Gasteiger partial charge on any atom is -0.496 e. The van der Waals surface area contributed by atoms with Crippen molar-refractivity contribution in [2.45, 2.75) is 26.3 Å². The lowest BCUT2D eigenvalue weighted by molar-refractivity contribution is -0.145. The molecule has 0 bridgehead atoms. The van der Waals surface area contributed by atoms with Crippen LogP contribution in [0, 0.1) is 0 Å². The number of rotatable bonds is 10. The molecule has 1 N–H and O–H groups in total. The van der Waals surface area contributed by atoms with Crippen molar-refractivity contribution in [3.05, 3.63) is 87.4 Å². The van der Waals surface area contributed by atoms with Crippen LogP contribution < -0.4 is 10.1 Å². The Morgan fingerprint density at radius 3 is 2.32 bits per heavy atom. The van der Waals surface area contributed by atoms with Crippen molar-refractivity contribution in [1.29, 1.82) is 0 Å². The molecule has 0 radical (unpaired) electrons. The van der Waals surface area contributed by atoms with Crippen molar-refractivity contribution < 1.29 is 23.9 Å². The van der Waals surface area contributed by atoms with Crippen molar-refractivity contribution in [1.82, 2.24) is 5.32 Å². The van der Waals surface area contributed by atoms with Crippen molar-refractivity contribution >= 4 is 40.8 Å². The number of methoxy groups -OCH3 is 1. The molecule has 0 fully saturated rings. The number of hydrogen-bond donors (Lipinski definition) is 1. The SMILES string of the molecule is CCOC(=O)[C@H](Cc1ccc(-c2ccccc2OC)c(/C(C)=N/OC)c1)NC(=O)c1c(Cl)cccc1Cl. The lowest BCUT2D eigenvalue weighted by atomic mass is 9.92. The average Bonchev–Trinajstić information content (AvgIpc) is 2.88. The van der Waals surface area contributed by atoms with Crippen molar-refractivity contribution in [3.63, 3.8) is 0 Å². The molecule has 1 amide bonds. The van der Waals surface area contributed by atoms with Gasteiger partial charge in [-0.15, -0.1) is 0 Å². The number of amides is 1. The fourth-order valence-electron chi connectivity index (χ4n) is 3.92. The van der Waals surface area contributed by atoms with Gasteiger partial charge in [0.05, 0.1) is 35.0 Å². The Balaban J connectivity index is 2.01. The molecule has 0 aliphatic rings. The van der Waals surface area contributed by atoms with Gasteiger partial charge in [-0.2, -0.15) is 0 Å². The van der Waals surface area contributed by atoms with Crippen LogP contribution in [0.3, 0.4) is 0 Å². The number of oxime groups is 1. The van der Waals surface area contributed by atoms with Crippen LogP contribution in [0.5, 0.6) is 5.75 Å². The molecule has 0 saturated heterocycles. The standard InChI is InChI=1S/C28H28Cl2N2O5/c1-5-37-28(34)24(31-27(33)26-22(29)10-8-11-23(26)30)16-18-13-14-19(21(15-18)17(2)32-36-4)20-9-6-7-12-25(20)35-3/h6-15,24H,5,16H2,1-4H3,(H,31,33)/b32-17+/t24-/m0/s1. The van der Waals surface area contributed by atoms with Crippen LogP contribution in [0.2, 0.25) is 10.0 Å². The molecule has 0 unspecified atom stereocenters. The molecule has 0 heterocycles. The van der Waals surface area contributed by atoms with E-state index >= 15 is 0 Å². The summed E-state index contributed by atoms with van der Waals surface area (Å²) >= 11 is 12.4. The Morgan fingerprint density at radius 2 is 1.68 bits per heavy atom. The Bertz CT molecular complexity index is 1290. The first-order valence-electron chi connectivity index (χ1n) is 11.6. The van der Waals surface area contributed by atoms with Gasteiger partial charge in [-0.25, -0.2) is 4.79 Å². The molecule has 37 heavy (non-hydrogen) atoms. The van der Waals surface area contributed by atoms with Crippen molar-refractivity contribution in [2.75, 3.05) is 20.8 Å². The van der Waals surface area contributed by atoms with Crippen LogP contribution >= 0.6 is 23.2 Å². The molecule has 0 aromatic heterocycles. The minimum absolute atomic E-state index is 0.0930. The van der Waals surface area contributed by atoms with E-state index in [1.165, 1.54) is 7.11 Å². The summed E-state index contributed by atoms with van der Waals surface area (Å²) in [5.41, 5.74) is 4.02. The number of ether oxygens (including phenoxy) is 2. The number of hydrogen-bond acceptors (Lipinski definition) is 6. The maximum atomic E-state index is 13.0. The van der Waals surface area contributed by atoms with Gasteiger partial charge in [0.25, 0.3) is 5.91 Å². The molecular formula is C28H28Cl2N2O5. The highest BCUT2D eigenvalue weighted by Crippen LogP contribution is 2.33. The van der Waals surface area contributed by atoms with Crippen LogP contribution in [0.1, 0.15) is 35.3 Å². The van der Waals surface area contributed by atoms with Crippen LogP contribution in [-0.2, 0) is 20.8 Å². The summed E-state index contributed by atoms with van der Waals surface area (Å²) in [6.45, 7) is 3.69. The smallest absolute Gasteiger partial charge is 0.328 e. The summed E-state index contributed by atoms with van der Waals surface area (Å²) < 4.78 is 10.8. The Labute approximate surface area is 226 Å². The highest BCUT2D eigenvalue weighted by atomic mass is 35.5. The molecule has 0 aliphatic heterocycles. The lowest BCUT2D eigenvalue weighted by Gasteiger charge is -2.20. The number of nitrogens with zero attached hydrogens (tertiary/aromatic N) is 1. The lowest BCUT2D eigenvalue weighted by Crippen LogP contribution is -2.43. The van der Waals surface area contributed by atoms with Gasteiger partial charge in [0, 0.05) is 17.5 Å². The van der Waals surface area contributed by atoms with Crippen LogP contribution in [0.4, 0.5) is 0 Å². The van der Waals surface area contributed by atoms with Crippen LogP contribution in [0.15, 0.2) is 65.8 Å². The number of halogens is 2. The van der Waals surface area contributed by atoms with E-state index < -0.39 is 17.9 Å². The first-order chi connectivity index (χ1) is 17.8. The molecule has 0 saturated carbocycles. The van der Waals surface area contributed by atoms with Gasteiger partial charge in [0.15, 0.2) is 0 Å². The highest BCUT2D eigenvalue weighted by molar-refractivity contribution is 6.39. The molecular weight excluding hydrogens is 515 g/mol. The van der Waals surface area contributed by atoms with E-state index in [9.17, 15) is 9.59 Å². The van der Waals surface area contributed by atoms with Crippen LogP contribution in [0.25, 0.3) is 11.1 Å². The Hall–Kier alpha value is -3.55. The molecule has 9 heteroatoms. The zero-order valence-electron chi connectivity index (χ0n) is 21.0. The zero-order valence-corrected chi connectivity index (χ0v) is 22.5. The molecule has 1 atom stereocenters. The van der Waals surface area contributed by atoms with E-state index in [1.807, 2.05) is 49.4 Å². The fourth-order valence-corrected chi connectivity index (χ4v) is 4.49. The predicted molar refractivity (Wildman–Crippen MR) is 146 cm³/mol. The number of esters is 1. The second-order valence-electron chi connectivity index (χ2n) is 8.02. The maximum absolute atomic E-state index is 13.0. The number of carbonyl (C=O) groups is 2. The molecule has 194 valence electrons. The second-order valence-corrected chi connectivity index (χ2v) is 8.83. The van der Waals surface area contributed by atoms with Crippen molar-refractivity contribution in [2.24, 2.45) is 5.16 Å². The first kappa shape index (κ1) is 28.0. The van der Waals surface area contributed by atoms with Gasteiger partial charge in [-0.3, -0.25) is 4.79 Å². The molecule has 3 rings (SSSR count). The van der Waals surface area contributed by atoms with E-state index in [0.29, 0.717) is 11.5 Å². The van der Waals surface area contributed by atoms with Gasteiger partial charge >= 0.3 is 5.97 Å². The van der Waals surface area contributed by atoms with E-state index in [2.05, 4.69) is 10.5 Å². The van der Waals surface area contributed by atoms with E-state index in [4.69, 9.17) is 37.5 Å². The maximum Gasteiger partial charge on any atom is 0.328 e. The summed E-state index contributed by atoms with van der Waals surface area (Å²) in [6.07, 6.45) is 0.159. The third-order valence-corrected chi connectivity index (χ3v) is 6.24. The number of nitrogens with one attached hydrogen (secondary N) is 1. The van der Waals surface area contributed by atoms with E-state index in [1.54, 1.807) is 32.2 Å². The number of para-hydroxylation sites is 1. The zero-order chi connectivity index (χ0) is 26.9. The molecule has 7 nitrogen and oxygen atoms in total. The predicted octanol–water partition coefficient (Wildman–Crippen LogP) is 5.94. The van der Waals surface area contributed by atoms with Crippen molar-refractivity contribution in [3.8, 4) is 16.9 Å². The van der Waals surface area contributed by atoms with Gasteiger partial charge in [0.2, 0.25) is 0 Å². The molecule has 0 spiro atoms. The average molecular weight is 543 g/mol. The Morgan fingerprint density at radius 1 is 0.973 bits per heavy atom. The molecule has 3 aromatic carbocycles. The van der Waals surface area contributed by atoms with Crippen LogP contribution in [-0.4, -0.2) is 44.5 Å². The monoisotopic (exact) mass is 542 g/mol. The topological polar surface area (TPSA) is 86.2 Å². The summed E-state index contributed by atoms with van der Waals surface area (Å²) in [4.78, 5) is 30.9. The summed E-state index contributed by atoms with van der Waals surface area (Å²) in [6, 6.07) is 17.1. The van der Waals surface area contributed by atoms with E-state index in [-0.39, 0.29) is 28.6 Å². The first-order valence-corrected chi connectivity index (χ1v) is 12.3. The van der Waals surface area contributed by atoms with Gasteiger partial charge in [0.1, 0.15) is 18.9 Å². The highest BCUT2D eigenvalue weighted by Gasteiger charge is 2.26. The summed E-state index contributed by atoms with van der Waals surface area (Å²) in [5, 5.41) is 7.21. The Kier molecular flexibility index (Phi) is 9.94. The number of carbonyl (C=O) groups excluding carboxylic acids is 2. The van der Waals surface area contributed by atoms with E-state index in [0.717, 1.165) is 22.3 Å². The largest absolute Gasteiger partial charge is 0.496 e. The third-order valence-electron chi connectivity index (χ3n) is 5.61. The summed E-state index contributed by atoms with van der Waals surface area (Å²) in [7, 11) is 3.09. The second kappa shape index (κ2) is 13.1. The molecule has 3 aromatic rings. The fraction of sp³-hybridized carbons (Fsp3) is 0.250. The minimum atomic E-state index is -0.982. The van der Waals surface area contributed by atoms with Gasteiger partial charge < -0.3 is 19.6 Å². The third kappa shape index (κ3) is 6.81. The molecule has 0 aliphatic carbocycles.